The van der Waals surface area contributed by atoms with E-state index >= 15 is 0 Å². The summed E-state index contributed by atoms with van der Waals surface area (Å²) in [6.45, 7) is 10.1. The first-order chi connectivity index (χ1) is 5.22. The van der Waals surface area contributed by atoms with Crippen LogP contribution in [0.1, 0.15) is 20.3 Å². The van der Waals surface area contributed by atoms with Crippen LogP contribution in [0.15, 0.2) is 12.7 Å². The van der Waals surface area contributed by atoms with Gasteiger partial charge in [0.1, 0.15) is 0 Å². The molecule has 0 rings (SSSR count). The van der Waals surface area contributed by atoms with Crippen molar-refractivity contribution >= 4 is 11.6 Å². The maximum Gasteiger partial charge on any atom is 0.0235 e. The van der Waals surface area contributed by atoms with Crippen LogP contribution in [0.4, 0.5) is 0 Å². The van der Waals surface area contributed by atoms with Crippen molar-refractivity contribution in [2.45, 2.75) is 26.3 Å². The van der Waals surface area contributed by atoms with E-state index in [4.69, 9.17) is 11.6 Å². The van der Waals surface area contributed by atoms with Gasteiger partial charge in [-0.2, -0.15) is 0 Å². The summed E-state index contributed by atoms with van der Waals surface area (Å²) in [5, 5.41) is 0. The Morgan fingerprint density at radius 1 is 1.55 bits per heavy atom. The van der Waals surface area contributed by atoms with Crippen molar-refractivity contribution in [1.29, 1.82) is 0 Å². The molecule has 66 valence electrons. The van der Waals surface area contributed by atoms with Gasteiger partial charge in [-0.15, -0.1) is 18.2 Å². The Balaban J connectivity index is 3.59. The lowest BCUT2D eigenvalue weighted by Crippen LogP contribution is -2.32. The van der Waals surface area contributed by atoms with Crippen molar-refractivity contribution in [2.75, 3.05) is 19.0 Å². The van der Waals surface area contributed by atoms with Crippen molar-refractivity contribution in [3.05, 3.63) is 12.7 Å². The van der Waals surface area contributed by atoms with Crippen molar-refractivity contribution in [3.8, 4) is 0 Å². The van der Waals surface area contributed by atoms with Crippen molar-refractivity contribution in [3.63, 3.8) is 0 Å². The third-order valence-corrected chi connectivity index (χ3v) is 1.94. The molecule has 0 bridgehead atoms. The van der Waals surface area contributed by atoms with Crippen LogP contribution < -0.4 is 0 Å². The van der Waals surface area contributed by atoms with Crippen LogP contribution in [0.25, 0.3) is 0 Å². The third kappa shape index (κ3) is 5.28. The van der Waals surface area contributed by atoms with E-state index in [1.165, 1.54) is 0 Å². The van der Waals surface area contributed by atoms with Crippen LogP contribution in [-0.4, -0.2) is 29.9 Å². The molecule has 0 radical (unpaired) electrons. The van der Waals surface area contributed by atoms with Gasteiger partial charge in [0.15, 0.2) is 0 Å². The van der Waals surface area contributed by atoms with E-state index in [2.05, 4.69) is 25.3 Å². The molecule has 0 aliphatic rings. The Morgan fingerprint density at radius 2 is 2.18 bits per heavy atom. The molecule has 0 amide bonds. The van der Waals surface area contributed by atoms with Crippen molar-refractivity contribution in [2.24, 2.45) is 0 Å². The smallest absolute Gasteiger partial charge is 0.0235 e. The summed E-state index contributed by atoms with van der Waals surface area (Å²) in [4.78, 5) is 2.36. The van der Waals surface area contributed by atoms with E-state index in [-0.39, 0.29) is 0 Å². The summed E-state index contributed by atoms with van der Waals surface area (Å²) in [5.41, 5.74) is 0. The lowest BCUT2D eigenvalue weighted by molar-refractivity contribution is 0.247. The maximum atomic E-state index is 5.60. The molecule has 0 heterocycles. The molecule has 0 aromatic heterocycles. The second-order valence-corrected chi connectivity index (χ2v) is 3.30. The summed E-state index contributed by atoms with van der Waals surface area (Å²) in [6, 6.07) is 0.594. The zero-order valence-electron chi connectivity index (χ0n) is 7.52. The van der Waals surface area contributed by atoms with E-state index in [0.717, 1.165) is 25.4 Å². The minimum atomic E-state index is 0.594. The molecule has 0 spiro atoms. The third-order valence-electron chi connectivity index (χ3n) is 1.67. The summed E-state index contributed by atoms with van der Waals surface area (Å²) in [5.74, 6) is 0.750. The average molecular weight is 176 g/mol. The normalized spacial score (nSPS) is 11.0. The molecule has 0 unspecified atom stereocenters. The molecule has 0 N–H and O–H groups in total. The van der Waals surface area contributed by atoms with Crippen LogP contribution in [-0.2, 0) is 0 Å². The van der Waals surface area contributed by atoms with E-state index in [1.54, 1.807) is 0 Å². The number of hydrogen-bond acceptors (Lipinski definition) is 1. The predicted octanol–water partition coefficient (Wildman–Crippen LogP) is 2.51. The van der Waals surface area contributed by atoms with Crippen LogP contribution in [0.5, 0.6) is 0 Å². The Kier molecular flexibility index (Phi) is 6.68. The zero-order valence-corrected chi connectivity index (χ0v) is 8.27. The van der Waals surface area contributed by atoms with Crippen LogP contribution in [0.2, 0.25) is 0 Å². The van der Waals surface area contributed by atoms with Gasteiger partial charge in [0.05, 0.1) is 0 Å². The monoisotopic (exact) mass is 175 g/mol. The molecule has 2 heteroatoms. The number of hydrogen-bond donors (Lipinski definition) is 0. The van der Waals surface area contributed by atoms with Gasteiger partial charge in [0.25, 0.3) is 0 Å². The molecule has 0 aliphatic carbocycles. The lowest BCUT2D eigenvalue weighted by atomic mass is 10.3. The highest BCUT2D eigenvalue weighted by Crippen LogP contribution is 1.99. The Labute approximate surface area is 75.0 Å². The lowest BCUT2D eigenvalue weighted by Gasteiger charge is -2.24. The topological polar surface area (TPSA) is 3.24 Å². The molecular weight excluding hydrogens is 158 g/mol. The van der Waals surface area contributed by atoms with Crippen molar-refractivity contribution in [1.82, 2.24) is 4.90 Å². The Morgan fingerprint density at radius 3 is 2.55 bits per heavy atom. The number of halogens is 1. The molecule has 0 saturated heterocycles. The van der Waals surface area contributed by atoms with Crippen LogP contribution in [0.3, 0.4) is 0 Å². The van der Waals surface area contributed by atoms with Gasteiger partial charge in [-0.05, 0) is 26.8 Å². The molecule has 0 fully saturated rings. The maximum absolute atomic E-state index is 5.60. The largest absolute Gasteiger partial charge is 0.297 e. The van der Waals surface area contributed by atoms with Gasteiger partial charge in [0.2, 0.25) is 0 Å². The number of alkyl halides is 1. The second-order valence-electron chi connectivity index (χ2n) is 2.92. The van der Waals surface area contributed by atoms with Gasteiger partial charge in [-0.25, -0.2) is 0 Å². The Bertz CT molecular complexity index is 102. The molecule has 1 nitrogen and oxygen atoms in total. The van der Waals surface area contributed by atoms with E-state index in [1.807, 2.05) is 6.08 Å². The molecular formula is C9H18ClN. The predicted molar refractivity (Wildman–Crippen MR) is 52.2 cm³/mol. The highest BCUT2D eigenvalue weighted by molar-refractivity contribution is 6.17. The van der Waals surface area contributed by atoms with Crippen LogP contribution >= 0.6 is 11.6 Å². The van der Waals surface area contributed by atoms with Gasteiger partial charge < -0.3 is 0 Å². The second kappa shape index (κ2) is 6.68. The minimum absolute atomic E-state index is 0.594. The molecule has 0 aliphatic heterocycles. The van der Waals surface area contributed by atoms with E-state index in [9.17, 15) is 0 Å². The van der Waals surface area contributed by atoms with Crippen molar-refractivity contribution < 1.29 is 0 Å². The van der Waals surface area contributed by atoms with Gasteiger partial charge >= 0.3 is 0 Å². The minimum Gasteiger partial charge on any atom is -0.297 e. The molecule has 0 aromatic carbocycles. The first-order valence-corrected chi connectivity index (χ1v) is 4.66. The van der Waals surface area contributed by atoms with Gasteiger partial charge in [-0.3, -0.25) is 4.90 Å². The molecule has 0 aromatic rings. The average Bonchev–Trinajstić information content (AvgIpc) is 1.97. The highest BCUT2D eigenvalue weighted by Gasteiger charge is 2.05. The fourth-order valence-electron chi connectivity index (χ4n) is 0.989. The summed E-state index contributed by atoms with van der Waals surface area (Å²) in [6.07, 6.45) is 3.00. The highest BCUT2D eigenvalue weighted by atomic mass is 35.5. The SMILES string of the molecule is C=CCN(CCCCl)C(C)C. The van der Waals surface area contributed by atoms with E-state index < -0.39 is 0 Å². The summed E-state index contributed by atoms with van der Waals surface area (Å²) < 4.78 is 0. The first-order valence-electron chi connectivity index (χ1n) is 4.13. The molecule has 0 saturated carbocycles. The molecule has 0 atom stereocenters. The summed E-state index contributed by atoms with van der Waals surface area (Å²) >= 11 is 5.60. The Hall–Kier alpha value is -0.0100. The zero-order chi connectivity index (χ0) is 8.69. The van der Waals surface area contributed by atoms with E-state index in [0.29, 0.717) is 6.04 Å². The van der Waals surface area contributed by atoms with Gasteiger partial charge in [0, 0.05) is 18.5 Å². The number of nitrogens with zero attached hydrogens (tertiary/aromatic N) is 1. The van der Waals surface area contributed by atoms with Crippen LogP contribution in [0, 0.1) is 0 Å². The molecule has 11 heavy (non-hydrogen) atoms. The summed E-state index contributed by atoms with van der Waals surface area (Å²) in [7, 11) is 0. The fraction of sp³-hybridized carbons (Fsp3) is 0.778. The first kappa shape index (κ1) is 11.0. The standard InChI is InChI=1S/C9H18ClN/c1-4-7-11(9(2)3)8-5-6-10/h4,9H,1,5-8H2,2-3H3. The van der Waals surface area contributed by atoms with Gasteiger partial charge in [-0.1, -0.05) is 6.08 Å². The quantitative estimate of drug-likeness (QED) is 0.443. The number of rotatable bonds is 6. The fourth-order valence-corrected chi connectivity index (χ4v) is 1.11.